The van der Waals surface area contributed by atoms with Crippen LogP contribution in [0.5, 0.6) is 0 Å². The highest BCUT2D eigenvalue weighted by Crippen LogP contribution is 2.53. The van der Waals surface area contributed by atoms with Gasteiger partial charge in [0.15, 0.2) is 0 Å². The lowest BCUT2D eigenvalue weighted by Crippen LogP contribution is -2.36. The zero-order chi connectivity index (χ0) is 10.3. The summed E-state index contributed by atoms with van der Waals surface area (Å²) in [4.78, 5) is 0. The van der Waals surface area contributed by atoms with Gasteiger partial charge in [-0.25, -0.2) is 0 Å². The van der Waals surface area contributed by atoms with Gasteiger partial charge in [-0.05, 0) is 30.8 Å². The van der Waals surface area contributed by atoms with Gasteiger partial charge >= 0.3 is 0 Å². The van der Waals surface area contributed by atoms with Crippen molar-refractivity contribution in [1.82, 2.24) is 0 Å². The van der Waals surface area contributed by atoms with Gasteiger partial charge in [0.05, 0.1) is 11.9 Å². The lowest BCUT2D eigenvalue weighted by molar-refractivity contribution is 0.0323. The summed E-state index contributed by atoms with van der Waals surface area (Å²) in [6, 6.07) is 0. The molecule has 0 aliphatic heterocycles. The summed E-state index contributed by atoms with van der Waals surface area (Å²) in [6.45, 7) is 5.88. The molecule has 0 unspecified atom stereocenters. The molecule has 2 rings (SSSR count). The van der Waals surface area contributed by atoms with Crippen LogP contribution in [-0.2, 0) is 0 Å². The molecule has 3 atom stereocenters. The molecule has 2 heteroatoms. The number of fused-ring (bicyclic) bond motifs is 1. The highest BCUT2D eigenvalue weighted by atomic mass is 16.3. The van der Waals surface area contributed by atoms with Crippen molar-refractivity contribution in [2.75, 3.05) is 0 Å². The van der Waals surface area contributed by atoms with E-state index in [9.17, 15) is 10.2 Å². The van der Waals surface area contributed by atoms with Crippen LogP contribution >= 0.6 is 0 Å². The lowest BCUT2D eigenvalue weighted by Gasteiger charge is -2.39. The van der Waals surface area contributed by atoms with Crippen LogP contribution in [0.4, 0.5) is 0 Å². The highest BCUT2D eigenvalue weighted by Gasteiger charge is 2.49. The van der Waals surface area contributed by atoms with E-state index in [1.54, 1.807) is 6.08 Å². The molecule has 2 nitrogen and oxygen atoms in total. The first-order valence-electron chi connectivity index (χ1n) is 5.32. The van der Waals surface area contributed by atoms with E-state index in [1.165, 1.54) is 0 Å². The van der Waals surface area contributed by atoms with Crippen LogP contribution in [0.3, 0.4) is 0 Å². The predicted octanol–water partition coefficient (Wildman–Crippen LogP) is 2.56. The summed E-state index contributed by atoms with van der Waals surface area (Å²) in [5.41, 5.74) is 0.936. The van der Waals surface area contributed by atoms with Gasteiger partial charge < -0.3 is 10.2 Å². The number of rotatable bonds is 1. The molecule has 1 fully saturated rings. The molecule has 0 heterocycles. The van der Waals surface area contributed by atoms with E-state index >= 15 is 0 Å². The molecule has 0 amide bonds. The summed E-state index contributed by atoms with van der Waals surface area (Å²) < 4.78 is 0. The number of aliphatic hydroxyl groups excluding tert-OH is 2. The average molecular weight is 194 g/mol. The molecular weight excluding hydrogens is 176 g/mol. The Morgan fingerprint density at radius 1 is 1.50 bits per heavy atom. The summed E-state index contributed by atoms with van der Waals surface area (Å²) in [5.74, 6) is 0.792. The van der Waals surface area contributed by atoms with Gasteiger partial charge in [-0.3, -0.25) is 0 Å². The molecule has 0 saturated heterocycles. The van der Waals surface area contributed by atoms with E-state index in [-0.39, 0.29) is 11.5 Å². The molecule has 0 spiro atoms. The molecule has 78 valence electrons. The van der Waals surface area contributed by atoms with Crippen molar-refractivity contribution in [3.8, 4) is 0 Å². The van der Waals surface area contributed by atoms with Crippen LogP contribution in [0.25, 0.3) is 0 Å². The summed E-state index contributed by atoms with van der Waals surface area (Å²) in [7, 11) is 0. The molecule has 0 aromatic carbocycles. The largest absolute Gasteiger partial charge is 0.512 e. The van der Waals surface area contributed by atoms with E-state index < -0.39 is 0 Å². The Kier molecular flexibility index (Phi) is 2.18. The quantitative estimate of drug-likeness (QED) is 0.673. The Bertz CT molecular complexity index is 293. The summed E-state index contributed by atoms with van der Waals surface area (Å²) in [5, 5.41) is 19.7. The maximum atomic E-state index is 9.94. The smallest absolute Gasteiger partial charge is 0.0957 e. The first-order chi connectivity index (χ1) is 6.59. The van der Waals surface area contributed by atoms with Crippen molar-refractivity contribution >= 4 is 0 Å². The SMILES string of the molecule is C=CC1=C(O)CC[C@]2(C)[C@@H](O)CC[C@@H]12. The maximum absolute atomic E-state index is 9.94. The fourth-order valence-corrected chi connectivity index (χ4v) is 3.06. The van der Waals surface area contributed by atoms with Gasteiger partial charge in [0.1, 0.15) is 0 Å². The first kappa shape index (κ1) is 9.78. The van der Waals surface area contributed by atoms with Crippen molar-refractivity contribution in [2.24, 2.45) is 11.3 Å². The Hall–Kier alpha value is -0.760. The molecule has 2 aliphatic rings. The standard InChI is InChI=1S/C12H18O2/c1-3-8-9-4-5-11(14)12(9,2)7-6-10(8)13/h3,9,11,13-14H,1,4-7H2,2H3/t9-,11-,12-/m0/s1. The normalized spacial score (nSPS) is 42.4. The van der Waals surface area contributed by atoms with E-state index in [1.807, 2.05) is 0 Å². The molecule has 2 N–H and O–H groups in total. The van der Waals surface area contributed by atoms with Crippen molar-refractivity contribution in [3.05, 3.63) is 24.0 Å². The van der Waals surface area contributed by atoms with Crippen molar-refractivity contribution < 1.29 is 10.2 Å². The molecule has 2 aliphatic carbocycles. The van der Waals surface area contributed by atoms with Gasteiger partial charge in [0.2, 0.25) is 0 Å². The monoisotopic (exact) mass is 194 g/mol. The van der Waals surface area contributed by atoms with Crippen LogP contribution in [0, 0.1) is 11.3 Å². The van der Waals surface area contributed by atoms with Crippen molar-refractivity contribution in [2.45, 2.75) is 38.7 Å². The number of aliphatic hydroxyl groups is 2. The summed E-state index contributed by atoms with van der Waals surface area (Å²) >= 11 is 0. The van der Waals surface area contributed by atoms with E-state index in [2.05, 4.69) is 13.5 Å². The topological polar surface area (TPSA) is 40.5 Å². The fourth-order valence-electron chi connectivity index (χ4n) is 3.06. The summed E-state index contributed by atoms with van der Waals surface area (Å²) in [6.07, 6.45) is 4.95. The van der Waals surface area contributed by atoms with Gasteiger partial charge in [-0.15, -0.1) is 0 Å². The third-order valence-corrected chi connectivity index (χ3v) is 4.12. The Morgan fingerprint density at radius 2 is 2.21 bits per heavy atom. The van der Waals surface area contributed by atoms with Gasteiger partial charge in [0, 0.05) is 11.8 Å². The molecule has 0 bridgehead atoms. The highest BCUT2D eigenvalue weighted by molar-refractivity contribution is 5.30. The average Bonchev–Trinajstić information content (AvgIpc) is 2.45. The van der Waals surface area contributed by atoms with Crippen LogP contribution in [0.2, 0.25) is 0 Å². The molecule has 0 radical (unpaired) electrons. The minimum atomic E-state index is -0.212. The van der Waals surface area contributed by atoms with Gasteiger partial charge in [-0.2, -0.15) is 0 Å². The fraction of sp³-hybridized carbons (Fsp3) is 0.667. The lowest BCUT2D eigenvalue weighted by atomic mass is 9.67. The second-order valence-electron chi connectivity index (χ2n) is 4.76. The second kappa shape index (κ2) is 3.13. The number of hydrogen-bond donors (Lipinski definition) is 2. The first-order valence-corrected chi connectivity index (χ1v) is 5.32. The third-order valence-electron chi connectivity index (χ3n) is 4.12. The Balaban J connectivity index is 2.39. The second-order valence-corrected chi connectivity index (χ2v) is 4.76. The van der Waals surface area contributed by atoms with Crippen LogP contribution in [-0.4, -0.2) is 16.3 Å². The van der Waals surface area contributed by atoms with E-state index in [0.717, 1.165) is 24.8 Å². The molecular formula is C12H18O2. The van der Waals surface area contributed by atoms with Crippen LogP contribution in [0.15, 0.2) is 24.0 Å². The van der Waals surface area contributed by atoms with E-state index in [4.69, 9.17) is 0 Å². The molecule has 14 heavy (non-hydrogen) atoms. The van der Waals surface area contributed by atoms with Gasteiger partial charge in [0.25, 0.3) is 0 Å². The third kappa shape index (κ3) is 1.13. The van der Waals surface area contributed by atoms with Crippen LogP contribution < -0.4 is 0 Å². The minimum Gasteiger partial charge on any atom is -0.512 e. The zero-order valence-corrected chi connectivity index (χ0v) is 8.66. The van der Waals surface area contributed by atoms with Gasteiger partial charge in [-0.1, -0.05) is 19.6 Å². The maximum Gasteiger partial charge on any atom is 0.0957 e. The van der Waals surface area contributed by atoms with Crippen molar-refractivity contribution in [1.29, 1.82) is 0 Å². The number of allylic oxidation sites excluding steroid dienone is 3. The Morgan fingerprint density at radius 3 is 2.86 bits per heavy atom. The van der Waals surface area contributed by atoms with Crippen LogP contribution in [0.1, 0.15) is 32.6 Å². The molecule has 0 aromatic rings. The number of hydrogen-bond acceptors (Lipinski definition) is 2. The van der Waals surface area contributed by atoms with E-state index in [0.29, 0.717) is 18.1 Å². The predicted molar refractivity (Wildman–Crippen MR) is 55.9 cm³/mol. The molecule has 0 aromatic heterocycles. The Labute approximate surface area is 85.0 Å². The minimum absolute atomic E-state index is 0.0320. The zero-order valence-electron chi connectivity index (χ0n) is 8.66. The molecule has 1 saturated carbocycles. The van der Waals surface area contributed by atoms with Crippen molar-refractivity contribution in [3.63, 3.8) is 0 Å².